The molecule has 2 aromatic carbocycles. The van der Waals surface area contributed by atoms with Gasteiger partial charge in [-0.15, -0.1) is 0 Å². The fourth-order valence-corrected chi connectivity index (χ4v) is 3.64. The van der Waals surface area contributed by atoms with Gasteiger partial charge >= 0.3 is 17.9 Å². The van der Waals surface area contributed by atoms with Crippen LogP contribution in [0.3, 0.4) is 0 Å². The number of halogens is 1. The largest absolute Gasteiger partial charge is 0.480 e. The molecule has 0 spiro atoms. The number of fused-ring (bicyclic) bond motifs is 1. The van der Waals surface area contributed by atoms with Gasteiger partial charge in [0, 0.05) is 23.0 Å². The van der Waals surface area contributed by atoms with Crippen LogP contribution in [0, 0.1) is 0 Å². The lowest BCUT2D eigenvalue weighted by atomic mass is 10.0. The highest BCUT2D eigenvalue weighted by Gasteiger charge is 2.23. The van der Waals surface area contributed by atoms with Gasteiger partial charge in [-0.2, -0.15) is 0 Å². The first-order chi connectivity index (χ1) is 17.2. The van der Waals surface area contributed by atoms with Crippen molar-refractivity contribution >= 4 is 46.2 Å². The zero-order valence-electron chi connectivity index (χ0n) is 18.4. The van der Waals surface area contributed by atoms with Gasteiger partial charge in [0.1, 0.15) is 28.7 Å². The van der Waals surface area contributed by atoms with Gasteiger partial charge in [-0.25, -0.2) is 24.4 Å². The standard InChI is InChI=1S/C25H18ClN3O7/c26-15-5-8-19-14(11-15)12-18(24(32)33)21(28-19)29-20(25(34)35)10-13-3-6-16(7-4-13)36-22-17(23(30)31)2-1-9-27-22/h1-9,11-12,20H,10H2,(H,28,29)(H,30,31)(H,32,33)(H,34,35). The number of nitrogens with zero attached hydrogens (tertiary/aromatic N) is 2. The van der Waals surface area contributed by atoms with Gasteiger partial charge in [-0.05, 0) is 54.1 Å². The predicted molar refractivity (Wildman–Crippen MR) is 130 cm³/mol. The number of anilines is 1. The fraction of sp³-hybridized carbons (Fsp3) is 0.0800. The summed E-state index contributed by atoms with van der Waals surface area (Å²) in [4.78, 5) is 43.3. The summed E-state index contributed by atoms with van der Waals surface area (Å²) in [6.07, 6.45) is 1.40. The summed E-state index contributed by atoms with van der Waals surface area (Å²) in [6.45, 7) is 0. The van der Waals surface area contributed by atoms with Gasteiger partial charge in [0.2, 0.25) is 5.88 Å². The number of aromatic carboxylic acids is 2. The van der Waals surface area contributed by atoms with Crippen molar-refractivity contribution in [1.82, 2.24) is 9.97 Å². The van der Waals surface area contributed by atoms with Crippen LogP contribution in [0.4, 0.5) is 5.82 Å². The lowest BCUT2D eigenvalue weighted by Gasteiger charge is -2.17. The molecule has 10 nitrogen and oxygen atoms in total. The van der Waals surface area contributed by atoms with E-state index < -0.39 is 23.9 Å². The average molecular weight is 508 g/mol. The van der Waals surface area contributed by atoms with Crippen LogP contribution >= 0.6 is 11.6 Å². The summed E-state index contributed by atoms with van der Waals surface area (Å²) in [5.41, 5.74) is 0.763. The number of benzene rings is 2. The van der Waals surface area contributed by atoms with Crippen molar-refractivity contribution in [3.63, 3.8) is 0 Å². The molecular weight excluding hydrogens is 490 g/mol. The maximum atomic E-state index is 12.0. The van der Waals surface area contributed by atoms with E-state index in [0.29, 0.717) is 27.2 Å². The van der Waals surface area contributed by atoms with E-state index in [1.807, 2.05) is 0 Å². The first kappa shape index (κ1) is 24.4. The maximum Gasteiger partial charge on any atom is 0.341 e. The average Bonchev–Trinajstić information content (AvgIpc) is 2.84. The van der Waals surface area contributed by atoms with Gasteiger partial charge in [-0.1, -0.05) is 23.7 Å². The number of rotatable bonds is 9. The number of aromatic nitrogens is 2. The van der Waals surface area contributed by atoms with E-state index in [1.165, 1.54) is 24.4 Å². The lowest BCUT2D eigenvalue weighted by molar-refractivity contribution is -0.137. The van der Waals surface area contributed by atoms with Gasteiger partial charge in [0.25, 0.3) is 0 Å². The number of ether oxygens (including phenoxy) is 1. The second-order valence-corrected chi connectivity index (χ2v) is 8.11. The van der Waals surface area contributed by atoms with Crippen molar-refractivity contribution in [2.24, 2.45) is 0 Å². The van der Waals surface area contributed by atoms with Gasteiger partial charge in [-0.3, -0.25) is 0 Å². The van der Waals surface area contributed by atoms with E-state index in [9.17, 15) is 29.7 Å². The molecule has 0 bridgehead atoms. The number of hydrogen-bond donors (Lipinski definition) is 4. The Morgan fingerprint density at radius 3 is 2.33 bits per heavy atom. The minimum atomic E-state index is -1.27. The van der Waals surface area contributed by atoms with Crippen LogP contribution in [0.25, 0.3) is 10.9 Å². The van der Waals surface area contributed by atoms with E-state index >= 15 is 0 Å². The molecule has 0 fully saturated rings. The molecule has 0 aliphatic heterocycles. The zero-order valence-corrected chi connectivity index (χ0v) is 19.1. The number of carbonyl (C=O) groups is 3. The Hall–Kier alpha value is -4.70. The predicted octanol–water partition coefficient (Wildman–Crippen LogP) is 4.58. The van der Waals surface area contributed by atoms with Crippen molar-refractivity contribution in [2.75, 3.05) is 5.32 Å². The molecule has 36 heavy (non-hydrogen) atoms. The lowest BCUT2D eigenvalue weighted by Crippen LogP contribution is -2.32. The third-order valence-corrected chi connectivity index (χ3v) is 5.43. The Morgan fingerprint density at radius 1 is 0.944 bits per heavy atom. The van der Waals surface area contributed by atoms with Crippen LogP contribution < -0.4 is 10.1 Å². The van der Waals surface area contributed by atoms with Crippen LogP contribution in [0.5, 0.6) is 11.6 Å². The first-order valence-electron chi connectivity index (χ1n) is 10.5. The number of nitrogens with one attached hydrogen (secondary N) is 1. The third kappa shape index (κ3) is 5.50. The summed E-state index contributed by atoms with van der Waals surface area (Å²) in [5, 5.41) is 32.3. The van der Waals surface area contributed by atoms with E-state index in [4.69, 9.17) is 16.3 Å². The number of carboxylic acid groups (broad SMARTS) is 3. The van der Waals surface area contributed by atoms with Crippen LogP contribution in [0.1, 0.15) is 26.3 Å². The Kier molecular flexibility index (Phi) is 6.98. The Bertz CT molecular complexity index is 1470. The maximum absolute atomic E-state index is 12.0. The Labute approximate surface area is 208 Å². The van der Waals surface area contributed by atoms with Crippen LogP contribution in [-0.4, -0.2) is 49.2 Å². The molecule has 11 heteroatoms. The highest BCUT2D eigenvalue weighted by molar-refractivity contribution is 6.31. The van der Waals surface area contributed by atoms with Crippen LogP contribution in [0.2, 0.25) is 5.02 Å². The summed E-state index contributed by atoms with van der Waals surface area (Å²) < 4.78 is 5.56. The molecule has 0 aliphatic rings. The minimum Gasteiger partial charge on any atom is -0.480 e. The molecule has 4 N–H and O–H groups in total. The second-order valence-electron chi connectivity index (χ2n) is 7.67. The quantitative estimate of drug-likeness (QED) is 0.252. The molecule has 1 unspecified atom stereocenters. The zero-order chi connectivity index (χ0) is 25.8. The topological polar surface area (TPSA) is 159 Å². The molecule has 0 aliphatic carbocycles. The Morgan fingerprint density at radius 2 is 1.67 bits per heavy atom. The minimum absolute atomic E-state index is 0.00102. The number of carboxylic acids is 3. The van der Waals surface area contributed by atoms with E-state index in [1.54, 1.807) is 42.5 Å². The summed E-state index contributed by atoms with van der Waals surface area (Å²) in [6, 6.07) is 14.1. The number of pyridine rings is 2. The summed E-state index contributed by atoms with van der Waals surface area (Å²) in [7, 11) is 0. The summed E-state index contributed by atoms with van der Waals surface area (Å²) >= 11 is 5.98. The molecule has 2 aromatic heterocycles. The van der Waals surface area contributed by atoms with Crippen molar-refractivity contribution in [2.45, 2.75) is 12.5 Å². The summed E-state index contributed by atoms with van der Waals surface area (Å²) in [5.74, 6) is -3.51. The molecule has 0 saturated carbocycles. The molecule has 0 saturated heterocycles. The highest BCUT2D eigenvalue weighted by Crippen LogP contribution is 2.26. The molecule has 0 radical (unpaired) electrons. The molecule has 1 atom stereocenters. The first-order valence-corrected chi connectivity index (χ1v) is 10.9. The molecule has 4 aromatic rings. The molecule has 0 amide bonds. The van der Waals surface area contributed by atoms with Crippen molar-refractivity contribution in [3.8, 4) is 11.6 Å². The van der Waals surface area contributed by atoms with Gasteiger partial charge in [0.15, 0.2) is 0 Å². The highest BCUT2D eigenvalue weighted by atomic mass is 35.5. The van der Waals surface area contributed by atoms with E-state index in [-0.39, 0.29) is 29.2 Å². The number of hydrogen-bond acceptors (Lipinski definition) is 7. The monoisotopic (exact) mass is 507 g/mol. The molecular formula is C25H18ClN3O7. The van der Waals surface area contributed by atoms with E-state index in [0.717, 1.165) is 0 Å². The molecule has 182 valence electrons. The number of aliphatic carboxylic acids is 1. The molecule has 2 heterocycles. The van der Waals surface area contributed by atoms with Gasteiger partial charge < -0.3 is 25.4 Å². The normalized spacial score (nSPS) is 11.6. The van der Waals surface area contributed by atoms with Crippen molar-refractivity contribution < 1.29 is 34.4 Å². The van der Waals surface area contributed by atoms with Crippen LogP contribution in [0.15, 0.2) is 66.9 Å². The fourth-order valence-electron chi connectivity index (χ4n) is 3.46. The van der Waals surface area contributed by atoms with Gasteiger partial charge in [0.05, 0.1) is 5.52 Å². The Balaban J connectivity index is 1.55. The second kappa shape index (κ2) is 10.3. The molecule has 4 rings (SSSR count). The van der Waals surface area contributed by atoms with Crippen molar-refractivity contribution in [1.29, 1.82) is 0 Å². The smallest absolute Gasteiger partial charge is 0.341 e. The van der Waals surface area contributed by atoms with E-state index in [2.05, 4.69) is 15.3 Å². The van der Waals surface area contributed by atoms with Crippen LogP contribution in [-0.2, 0) is 11.2 Å². The third-order valence-electron chi connectivity index (χ3n) is 5.20. The SMILES string of the molecule is O=C(O)c1cc2cc(Cl)ccc2nc1NC(Cc1ccc(Oc2ncccc2C(=O)O)cc1)C(=O)O. The van der Waals surface area contributed by atoms with Crippen molar-refractivity contribution in [3.05, 3.63) is 88.6 Å².